The largest absolute Gasteiger partial charge is 0.356 e. The summed E-state index contributed by atoms with van der Waals surface area (Å²) in [6.45, 7) is 4.95. The first-order chi connectivity index (χ1) is 7.68. The van der Waals surface area contributed by atoms with Crippen molar-refractivity contribution in [1.82, 2.24) is 20.1 Å². The maximum atomic E-state index is 11.6. The molecule has 5 heteroatoms. The number of amides is 1. The summed E-state index contributed by atoms with van der Waals surface area (Å²) in [5.74, 6) is 1.14. The molecule has 0 aliphatic carbocycles. The lowest BCUT2D eigenvalue weighted by molar-refractivity contribution is -0.126. The van der Waals surface area contributed by atoms with Gasteiger partial charge < -0.3 is 5.32 Å². The summed E-state index contributed by atoms with van der Waals surface area (Å²) < 4.78 is 1.89. The molecule has 2 heterocycles. The van der Waals surface area contributed by atoms with E-state index in [0.717, 1.165) is 25.2 Å². The standard InChI is InChI=1S/C11H18N4O/c1-8(2)15-10(13-7-14-15)6-9-4-3-5-12-11(9)16/h7-9H,3-6H2,1-2H3,(H,12,16). The van der Waals surface area contributed by atoms with E-state index in [9.17, 15) is 4.79 Å². The molecule has 5 nitrogen and oxygen atoms in total. The van der Waals surface area contributed by atoms with Crippen LogP contribution in [0.1, 0.15) is 38.6 Å². The van der Waals surface area contributed by atoms with Crippen LogP contribution in [-0.4, -0.2) is 27.2 Å². The van der Waals surface area contributed by atoms with Gasteiger partial charge in [0.05, 0.1) is 0 Å². The number of hydrogen-bond donors (Lipinski definition) is 1. The number of aromatic nitrogens is 3. The first-order valence-corrected chi connectivity index (χ1v) is 5.84. The van der Waals surface area contributed by atoms with Crippen molar-refractivity contribution in [2.24, 2.45) is 5.92 Å². The molecule has 1 atom stereocenters. The van der Waals surface area contributed by atoms with Crippen LogP contribution in [0.4, 0.5) is 0 Å². The topological polar surface area (TPSA) is 59.8 Å². The molecular weight excluding hydrogens is 204 g/mol. The van der Waals surface area contributed by atoms with E-state index < -0.39 is 0 Å². The molecule has 1 amide bonds. The Balaban J connectivity index is 2.07. The maximum absolute atomic E-state index is 11.6. The molecule has 0 saturated carbocycles. The van der Waals surface area contributed by atoms with Crippen molar-refractivity contribution >= 4 is 5.91 Å². The van der Waals surface area contributed by atoms with Gasteiger partial charge in [-0.05, 0) is 26.7 Å². The van der Waals surface area contributed by atoms with Gasteiger partial charge in [0, 0.05) is 24.9 Å². The number of hydrogen-bond acceptors (Lipinski definition) is 3. The van der Waals surface area contributed by atoms with E-state index in [1.165, 1.54) is 0 Å². The van der Waals surface area contributed by atoms with Crippen LogP contribution in [0.2, 0.25) is 0 Å². The van der Waals surface area contributed by atoms with Crippen molar-refractivity contribution in [3.05, 3.63) is 12.2 Å². The molecule has 1 saturated heterocycles. The first-order valence-electron chi connectivity index (χ1n) is 5.84. The van der Waals surface area contributed by atoms with Crippen LogP contribution < -0.4 is 5.32 Å². The van der Waals surface area contributed by atoms with Crippen LogP contribution in [-0.2, 0) is 11.2 Å². The molecule has 1 unspecified atom stereocenters. The predicted octanol–water partition coefficient (Wildman–Crippen LogP) is 0.928. The Morgan fingerprint density at radius 1 is 1.62 bits per heavy atom. The molecule has 1 aliphatic heterocycles. The molecule has 1 aromatic heterocycles. The highest BCUT2D eigenvalue weighted by Gasteiger charge is 2.24. The molecule has 2 rings (SSSR count). The Labute approximate surface area is 95.2 Å². The lowest BCUT2D eigenvalue weighted by Crippen LogP contribution is -2.37. The number of nitrogens with one attached hydrogen (secondary N) is 1. The predicted molar refractivity (Wildman–Crippen MR) is 59.8 cm³/mol. The first kappa shape index (κ1) is 11.1. The summed E-state index contributed by atoms with van der Waals surface area (Å²) in [7, 11) is 0. The summed E-state index contributed by atoms with van der Waals surface area (Å²) in [6.07, 6.45) is 4.28. The lowest BCUT2D eigenvalue weighted by Gasteiger charge is -2.21. The molecule has 0 spiro atoms. The van der Waals surface area contributed by atoms with Gasteiger partial charge in [-0.1, -0.05) is 0 Å². The highest BCUT2D eigenvalue weighted by molar-refractivity contribution is 5.79. The summed E-state index contributed by atoms with van der Waals surface area (Å²) in [4.78, 5) is 15.9. The van der Waals surface area contributed by atoms with Crippen molar-refractivity contribution < 1.29 is 4.79 Å². The second kappa shape index (κ2) is 4.63. The minimum Gasteiger partial charge on any atom is -0.356 e. The second-order valence-electron chi connectivity index (χ2n) is 4.55. The monoisotopic (exact) mass is 222 g/mol. The van der Waals surface area contributed by atoms with Crippen molar-refractivity contribution in [2.75, 3.05) is 6.54 Å². The number of rotatable bonds is 3. The van der Waals surface area contributed by atoms with E-state index in [1.54, 1.807) is 6.33 Å². The molecule has 1 aromatic rings. The molecule has 0 radical (unpaired) electrons. The summed E-state index contributed by atoms with van der Waals surface area (Å²) >= 11 is 0. The fraction of sp³-hybridized carbons (Fsp3) is 0.727. The summed E-state index contributed by atoms with van der Waals surface area (Å²) in [5, 5.41) is 7.08. The minimum atomic E-state index is 0.0652. The Morgan fingerprint density at radius 2 is 2.44 bits per heavy atom. The van der Waals surface area contributed by atoms with Crippen LogP contribution in [0.3, 0.4) is 0 Å². The van der Waals surface area contributed by atoms with Crippen molar-refractivity contribution in [1.29, 1.82) is 0 Å². The van der Waals surface area contributed by atoms with E-state index in [2.05, 4.69) is 29.2 Å². The van der Waals surface area contributed by atoms with E-state index in [0.29, 0.717) is 12.5 Å². The fourth-order valence-electron chi connectivity index (χ4n) is 2.10. The molecule has 16 heavy (non-hydrogen) atoms. The van der Waals surface area contributed by atoms with E-state index >= 15 is 0 Å². The van der Waals surface area contributed by atoms with Gasteiger partial charge in [-0.25, -0.2) is 9.67 Å². The molecule has 1 aliphatic rings. The third-order valence-corrected chi connectivity index (χ3v) is 2.96. The molecule has 88 valence electrons. The van der Waals surface area contributed by atoms with Crippen LogP contribution in [0.5, 0.6) is 0 Å². The van der Waals surface area contributed by atoms with Crippen molar-refractivity contribution in [2.45, 2.75) is 39.2 Å². The Bertz CT molecular complexity index is 372. The van der Waals surface area contributed by atoms with Crippen LogP contribution in [0, 0.1) is 5.92 Å². The Hall–Kier alpha value is -1.39. The van der Waals surface area contributed by atoms with Gasteiger partial charge in [0.25, 0.3) is 0 Å². The number of nitrogens with zero attached hydrogens (tertiary/aromatic N) is 3. The van der Waals surface area contributed by atoms with Gasteiger partial charge >= 0.3 is 0 Å². The Morgan fingerprint density at radius 3 is 3.12 bits per heavy atom. The third kappa shape index (κ3) is 2.23. The number of carbonyl (C=O) groups excluding carboxylic acids is 1. The second-order valence-corrected chi connectivity index (χ2v) is 4.55. The third-order valence-electron chi connectivity index (χ3n) is 2.96. The highest BCUT2D eigenvalue weighted by Crippen LogP contribution is 2.17. The van der Waals surface area contributed by atoms with Crippen LogP contribution in [0.15, 0.2) is 6.33 Å². The zero-order valence-electron chi connectivity index (χ0n) is 9.81. The molecule has 1 fully saturated rings. The van der Waals surface area contributed by atoms with Crippen molar-refractivity contribution in [3.63, 3.8) is 0 Å². The Kier molecular flexibility index (Phi) is 3.22. The lowest BCUT2D eigenvalue weighted by atomic mass is 9.95. The molecule has 0 bridgehead atoms. The van der Waals surface area contributed by atoms with E-state index in [4.69, 9.17) is 0 Å². The highest BCUT2D eigenvalue weighted by atomic mass is 16.1. The van der Waals surface area contributed by atoms with Gasteiger partial charge in [-0.2, -0.15) is 5.10 Å². The van der Waals surface area contributed by atoms with Gasteiger partial charge in [0.1, 0.15) is 12.2 Å². The summed E-state index contributed by atoms with van der Waals surface area (Å²) in [6, 6.07) is 0.296. The molecule has 0 aromatic carbocycles. The zero-order chi connectivity index (χ0) is 11.5. The average molecular weight is 222 g/mol. The van der Waals surface area contributed by atoms with Gasteiger partial charge in [-0.3, -0.25) is 4.79 Å². The minimum absolute atomic E-state index is 0.0652. The summed E-state index contributed by atoms with van der Waals surface area (Å²) in [5.41, 5.74) is 0. The SMILES string of the molecule is CC(C)n1ncnc1CC1CCCNC1=O. The smallest absolute Gasteiger partial charge is 0.223 e. The zero-order valence-corrected chi connectivity index (χ0v) is 9.81. The van der Waals surface area contributed by atoms with E-state index in [1.807, 2.05) is 4.68 Å². The quantitative estimate of drug-likeness (QED) is 0.827. The average Bonchev–Trinajstić information content (AvgIpc) is 2.69. The number of piperidine rings is 1. The van der Waals surface area contributed by atoms with Crippen LogP contribution in [0.25, 0.3) is 0 Å². The maximum Gasteiger partial charge on any atom is 0.223 e. The van der Waals surface area contributed by atoms with E-state index in [-0.39, 0.29) is 11.8 Å². The normalized spacial score (nSPS) is 21.2. The molecule has 1 N–H and O–H groups in total. The van der Waals surface area contributed by atoms with Gasteiger partial charge in [0.2, 0.25) is 5.91 Å². The molecular formula is C11H18N4O. The fourth-order valence-corrected chi connectivity index (χ4v) is 2.10. The van der Waals surface area contributed by atoms with Crippen molar-refractivity contribution in [3.8, 4) is 0 Å². The van der Waals surface area contributed by atoms with Gasteiger partial charge in [-0.15, -0.1) is 0 Å². The number of carbonyl (C=O) groups is 1. The van der Waals surface area contributed by atoms with Crippen LogP contribution >= 0.6 is 0 Å². The van der Waals surface area contributed by atoms with Gasteiger partial charge in [0.15, 0.2) is 0 Å².